The maximum absolute atomic E-state index is 11.2. The van der Waals surface area contributed by atoms with E-state index in [1.165, 1.54) is 0 Å². The number of carbonyl (C=O) groups is 1. The minimum Gasteiger partial charge on any atom is -0.393 e. The Morgan fingerprint density at radius 1 is 1.27 bits per heavy atom. The Bertz CT molecular complexity index is 181. The molecule has 0 aliphatic carbocycles. The van der Waals surface area contributed by atoms with Crippen LogP contribution in [0.15, 0.2) is 0 Å². The van der Waals surface area contributed by atoms with Crippen LogP contribution >= 0.6 is 0 Å². The summed E-state index contributed by atoms with van der Waals surface area (Å²) in [5.74, 6) is 0.313. The Morgan fingerprint density at radius 2 is 1.87 bits per heavy atom. The number of hydrogen-bond acceptors (Lipinski definition) is 3. The van der Waals surface area contributed by atoms with Gasteiger partial charge in [-0.05, 0) is 25.7 Å². The Hall–Kier alpha value is -0.610. The van der Waals surface area contributed by atoms with E-state index in [4.69, 9.17) is 5.11 Å². The second kappa shape index (κ2) is 7.65. The summed E-state index contributed by atoms with van der Waals surface area (Å²) in [4.78, 5) is 11.2. The Morgan fingerprint density at radius 3 is 2.33 bits per heavy atom. The van der Waals surface area contributed by atoms with Crippen LogP contribution in [-0.2, 0) is 4.79 Å². The molecule has 2 unspecified atom stereocenters. The van der Waals surface area contributed by atoms with E-state index in [-0.39, 0.29) is 5.91 Å². The van der Waals surface area contributed by atoms with E-state index in [2.05, 4.69) is 5.32 Å². The predicted molar refractivity (Wildman–Crippen MR) is 59.4 cm³/mol. The maximum atomic E-state index is 11.2. The number of hydrogen-bond donors (Lipinski definition) is 3. The van der Waals surface area contributed by atoms with E-state index in [1.54, 1.807) is 6.92 Å². The van der Waals surface area contributed by atoms with Gasteiger partial charge in [-0.15, -0.1) is 0 Å². The molecular weight excluding hydrogens is 194 g/mol. The highest BCUT2D eigenvalue weighted by molar-refractivity contribution is 5.75. The topological polar surface area (TPSA) is 69.6 Å². The third-order valence-corrected chi connectivity index (χ3v) is 2.07. The molecule has 2 atom stereocenters. The van der Waals surface area contributed by atoms with Crippen molar-refractivity contribution in [3.05, 3.63) is 0 Å². The van der Waals surface area contributed by atoms with Gasteiger partial charge in [0.25, 0.3) is 0 Å². The summed E-state index contributed by atoms with van der Waals surface area (Å²) in [6.07, 6.45) is 0.548. The van der Waals surface area contributed by atoms with Crippen LogP contribution in [0, 0.1) is 5.92 Å². The summed E-state index contributed by atoms with van der Waals surface area (Å²) in [6, 6.07) is 0. The van der Waals surface area contributed by atoms with E-state index in [0.29, 0.717) is 31.7 Å². The molecule has 0 fully saturated rings. The maximum Gasteiger partial charge on any atom is 0.220 e. The van der Waals surface area contributed by atoms with E-state index < -0.39 is 12.2 Å². The Kier molecular flexibility index (Phi) is 7.34. The first-order valence-corrected chi connectivity index (χ1v) is 5.54. The van der Waals surface area contributed by atoms with Gasteiger partial charge in [-0.2, -0.15) is 0 Å². The average Bonchev–Trinajstić information content (AvgIpc) is 2.10. The molecule has 90 valence electrons. The molecule has 0 aliphatic rings. The molecule has 4 heteroatoms. The van der Waals surface area contributed by atoms with Crippen molar-refractivity contribution in [3.63, 3.8) is 0 Å². The van der Waals surface area contributed by atoms with Crippen molar-refractivity contribution in [2.45, 2.75) is 52.2 Å². The smallest absolute Gasteiger partial charge is 0.220 e. The molecule has 0 heterocycles. The quantitative estimate of drug-likeness (QED) is 0.587. The molecule has 4 nitrogen and oxygen atoms in total. The molecule has 0 aromatic heterocycles. The summed E-state index contributed by atoms with van der Waals surface area (Å²) in [5, 5.41) is 21.1. The van der Waals surface area contributed by atoms with E-state index in [0.717, 1.165) is 0 Å². The van der Waals surface area contributed by atoms with Gasteiger partial charge in [-0.3, -0.25) is 4.79 Å². The normalized spacial score (nSPS) is 15.1. The number of amides is 1. The van der Waals surface area contributed by atoms with Gasteiger partial charge < -0.3 is 15.5 Å². The van der Waals surface area contributed by atoms with Gasteiger partial charge in [0.05, 0.1) is 12.2 Å². The van der Waals surface area contributed by atoms with E-state index in [9.17, 15) is 9.90 Å². The number of rotatable bonds is 7. The summed E-state index contributed by atoms with van der Waals surface area (Å²) in [5.41, 5.74) is 0. The molecule has 15 heavy (non-hydrogen) atoms. The van der Waals surface area contributed by atoms with Gasteiger partial charge in [-0.1, -0.05) is 13.8 Å². The largest absolute Gasteiger partial charge is 0.393 e. The van der Waals surface area contributed by atoms with Gasteiger partial charge in [0.15, 0.2) is 0 Å². The standard InChI is InChI=1S/C11H23NO3/c1-8(2)6-10(14)7-12-11(15)5-4-9(3)13/h8-10,13-14H,4-7H2,1-3H3,(H,12,15). The third kappa shape index (κ3) is 9.69. The van der Waals surface area contributed by atoms with Crippen molar-refractivity contribution in [1.82, 2.24) is 5.32 Å². The Balaban J connectivity index is 3.53. The zero-order valence-electron chi connectivity index (χ0n) is 9.86. The molecule has 0 saturated carbocycles. The fourth-order valence-corrected chi connectivity index (χ4v) is 1.29. The minimum absolute atomic E-state index is 0.112. The lowest BCUT2D eigenvalue weighted by molar-refractivity contribution is -0.122. The second-order valence-electron chi connectivity index (χ2n) is 4.48. The molecule has 0 aromatic rings. The van der Waals surface area contributed by atoms with Crippen molar-refractivity contribution in [2.24, 2.45) is 5.92 Å². The zero-order valence-corrected chi connectivity index (χ0v) is 9.86. The molecule has 0 aliphatic heterocycles. The van der Waals surface area contributed by atoms with Crippen LogP contribution in [0.5, 0.6) is 0 Å². The summed E-state index contributed by atoms with van der Waals surface area (Å²) >= 11 is 0. The SMILES string of the molecule is CC(C)CC(O)CNC(=O)CCC(C)O. The van der Waals surface area contributed by atoms with Crippen molar-refractivity contribution >= 4 is 5.91 Å². The van der Waals surface area contributed by atoms with E-state index >= 15 is 0 Å². The number of aliphatic hydroxyl groups excluding tert-OH is 2. The number of carbonyl (C=O) groups excluding carboxylic acids is 1. The molecular formula is C11H23NO3. The summed E-state index contributed by atoms with van der Waals surface area (Å²) in [6.45, 7) is 6.01. The zero-order chi connectivity index (χ0) is 11.8. The molecule has 0 radical (unpaired) electrons. The summed E-state index contributed by atoms with van der Waals surface area (Å²) in [7, 11) is 0. The molecule has 0 spiro atoms. The van der Waals surface area contributed by atoms with Gasteiger partial charge in [0, 0.05) is 13.0 Å². The highest BCUT2D eigenvalue weighted by Crippen LogP contribution is 2.03. The summed E-state index contributed by atoms with van der Waals surface area (Å²) < 4.78 is 0. The van der Waals surface area contributed by atoms with Crippen LogP contribution in [0.25, 0.3) is 0 Å². The lowest BCUT2D eigenvalue weighted by atomic mass is 10.1. The predicted octanol–water partition coefficient (Wildman–Crippen LogP) is 0.671. The highest BCUT2D eigenvalue weighted by atomic mass is 16.3. The molecule has 0 saturated heterocycles. The minimum atomic E-state index is -0.472. The fraction of sp³-hybridized carbons (Fsp3) is 0.909. The van der Waals surface area contributed by atoms with E-state index in [1.807, 2.05) is 13.8 Å². The van der Waals surface area contributed by atoms with Crippen molar-refractivity contribution < 1.29 is 15.0 Å². The van der Waals surface area contributed by atoms with Crippen molar-refractivity contribution in [2.75, 3.05) is 6.54 Å². The highest BCUT2D eigenvalue weighted by Gasteiger charge is 2.09. The van der Waals surface area contributed by atoms with Crippen molar-refractivity contribution in [1.29, 1.82) is 0 Å². The molecule has 0 aromatic carbocycles. The van der Waals surface area contributed by atoms with Crippen LogP contribution in [-0.4, -0.2) is 34.9 Å². The fourth-order valence-electron chi connectivity index (χ4n) is 1.29. The molecule has 0 bridgehead atoms. The Labute approximate surface area is 91.7 Å². The number of aliphatic hydroxyl groups is 2. The van der Waals surface area contributed by atoms with Gasteiger partial charge in [0.2, 0.25) is 5.91 Å². The van der Waals surface area contributed by atoms with Crippen LogP contribution < -0.4 is 5.32 Å². The van der Waals surface area contributed by atoms with Gasteiger partial charge in [0.1, 0.15) is 0 Å². The van der Waals surface area contributed by atoms with Crippen molar-refractivity contribution in [3.8, 4) is 0 Å². The van der Waals surface area contributed by atoms with Gasteiger partial charge in [-0.25, -0.2) is 0 Å². The first-order chi connectivity index (χ1) is 6.91. The first kappa shape index (κ1) is 14.4. The van der Waals surface area contributed by atoms with Crippen LogP contribution in [0.1, 0.15) is 40.0 Å². The third-order valence-electron chi connectivity index (χ3n) is 2.07. The van der Waals surface area contributed by atoms with Crippen LogP contribution in [0.4, 0.5) is 0 Å². The molecule has 1 amide bonds. The average molecular weight is 217 g/mol. The monoisotopic (exact) mass is 217 g/mol. The molecule has 0 rings (SSSR count). The van der Waals surface area contributed by atoms with Gasteiger partial charge >= 0.3 is 0 Å². The number of nitrogens with one attached hydrogen (secondary N) is 1. The lowest BCUT2D eigenvalue weighted by Gasteiger charge is -2.14. The second-order valence-corrected chi connectivity index (χ2v) is 4.48. The lowest BCUT2D eigenvalue weighted by Crippen LogP contribution is -2.33. The molecule has 3 N–H and O–H groups in total. The first-order valence-electron chi connectivity index (χ1n) is 5.54. The van der Waals surface area contributed by atoms with Crippen LogP contribution in [0.3, 0.4) is 0 Å². The van der Waals surface area contributed by atoms with Crippen LogP contribution in [0.2, 0.25) is 0 Å².